The molecule has 4 aliphatic carbocycles. The van der Waals surface area contributed by atoms with Crippen molar-refractivity contribution in [1.29, 1.82) is 5.26 Å². The number of hydrogen-bond donors (Lipinski definition) is 0. The van der Waals surface area contributed by atoms with Crippen LogP contribution >= 0.6 is 0 Å². The van der Waals surface area contributed by atoms with Gasteiger partial charge in [0.2, 0.25) is 0 Å². The van der Waals surface area contributed by atoms with Crippen molar-refractivity contribution >= 4 is 11.8 Å². The minimum Gasteiger partial charge on any atom is -0.469 e. The van der Waals surface area contributed by atoms with E-state index in [9.17, 15) is 9.59 Å². The molecule has 0 aliphatic heterocycles. The van der Waals surface area contributed by atoms with Crippen LogP contribution in [0, 0.1) is 46.8 Å². The van der Waals surface area contributed by atoms with Gasteiger partial charge < -0.3 is 4.74 Å². The molecule has 126 valence electrons. The number of Topliss-reactive ketones (excluding diaryl/α,β-unsaturated/α-hetero) is 1. The lowest BCUT2D eigenvalue weighted by atomic mass is 9.85. The number of nitriles is 1. The smallest absolute Gasteiger partial charge is 0.308 e. The van der Waals surface area contributed by atoms with Gasteiger partial charge in [-0.3, -0.25) is 9.59 Å². The van der Waals surface area contributed by atoms with Gasteiger partial charge in [0.1, 0.15) is 5.78 Å². The molecule has 4 aliphatic rings. The maximum absolute atomic E-state index is 11.4. The Kier molecular flexibility index (Phi) is 5.04. The van der Waals surface area contributed by atoms with Crippen molar-refractivity contribution in [3.05, 3.63) is 0 Å². The highest BCUT2D eigenvalue weighted by Crippen LogP contribution is 2.49. The molecule has 4 heteroatoms. The fraction of sp³-hybridized carbons (Fsp3) is 0.842. The molecule has 6 atom stereocenters. The number of esters is 1. The van der Waals surface area contributed by atoms with Crippen LogP contribution in [0.1, 0.15) is 57.8 Å². The van der Waals surface area contributed by atoms with E-state index in [1.807, 2.05) is 6.07 Å². The number of hydrogen-bond acceptors (Lipinski definition) is 4. The van der Waals surface area contributed by atoms with E-state index in [2.05, 4.69) is 0 Å². The largest absolute Gasteiger partial charge is 0.469 e. The predicted octanol–water partition coefficient (Wildman–Crippen LogP) is 3.50. The first-order chi connectivity index (χ1) is 11.1. The minimum absolute atomic E-state index is 0.0252. The number of rotatable bonds is 3. The van der Waals surface area contributed by atoms with Gasteiger partial charge in [-0.25, -0.2) is 0 Å². The average molecular weight is 317 g/mol. The zero-order chi connectivity index (χ0) is 16.4. The highest BCUT2D eigenvalue weighted by atomic mass is 16.5. The van der Waals surface area contributed by atoms with E-state index < -0.39 is 0 Å². The topological polar surface area (TPSA) is 67.2 Å². The Morgan fingerprint density at radius 1 is 0.957 bits per heavy atom. The molecule has 0 aromatic heterocycles. The quantitative estimate of drug-likeness (QED) is 0.747. The van der Waals surface area contributed by atoms with E-state index in [-0.39, 0.29) is 30.0 Å². The molecule has 4 saturated carbocycles. The van der Waals surface area contributed by atoms with E-state index in [0.29, 0.717) is 11.8 Å². The third-order valence-electron chi connectivity index (χ3n) is 6.65. The lowest BCUT2D eigenvalue weighted by molar-refractivity contribution is -0.147. The lowest BCUT2D eigenvalue weighted by Crippen LogP contribution is -2.21. The molecule has 0 N–H and O–H groups in total. The fourth-order valence-corrected chi connectivity index (χ4v) is 5.53. The first kappa shape index (κ1) is 16.5. The highest BCUT2D eigenvalue weighted by molar-refractivity contribution is 5.83. The summed E-state index contributed by atoms with van der Waals surface area (Å²) in [5, 5.41) is 8.40. The van der Waals surface area contributed by atoms with Crippen LogP contribution in [0.15, 0.2) is 0 Å². The SMILES string of the molecule is COC(=O)C1CC2CCC1C2.N#CCC(=O)C1CC2CCC1C2. The van der Waals surface area contributed by atoms with Gasteiger partial charge in [-0.2, -0.15) is 5.26 Å². The van der Waals surface area contributed by atoms with Gasteiger partial charge in [0.05, 0.1) is 25.5 Å². The molecule has 0 aromatic rings. The van der Waals surface area contributed by atoms with Crippen molar-refractivity contribution in [3.8, 4) is 6.07 Å². The molecular weight excluding hydrogens is 290 g/mol. The molecule has 0 spiro atoms. The summed E-state index contributed by atoms with van der Waals surface area (Å²) >= 11 is 0. The number of carbonyl (C=O) groups is 2. The van der Waals surface area contributed by atoms with Crippen molar-refractivity contribution in [2.75, 3.05) is 7.11 Å². The molecule has 4 nitrogen and oxygen atoms in total. The van der Waals surface area contributed by atoms with Crippen LogP contribution < -0.4 is 0 Å². The number of ether oxygens (including phenoxy) is 1. The number of nitrogens with zero attached hydrogens (tertiary/aromatic N) is 1. The molecule has 0 aromatic carbocycles. The number of ketones is 1. The lowest BCUT2D eigenvalue weighted by Gasteiger charge is -2.18. The van der Waals surface area contributed by atoms with Gasteiger partial charge in [0, 0.05) is 5.92 Å². The Morgan fingerprint density at radius 2 is 1.52 bits per heavy atom. The second kappa shape index (κ2) is 7.03. The van der Waals surface area contributed by atoms with E-state index in [1.54, 1.807) is 0 Å². The predicted molar refractivity (Wildman–Crippen MR) is 85.1 cm³/mol. The number of fused-ring (bicyclic) bond motifs is 4. The van der Waals surface area contributed by atoms with E-state index in [1.165, 1.54) is 45.6 Å². The normalized spacial score (nSPS) is 39.5. The summed E-state index contributed by atoms with van der Waals surface area (Å²) in [4.78, 5) is 22.6. The Bertz CT molecular complexity index is 509. The van der Waals surface area contributed by atoms with Crippen molar-refractivity contribution in [3.63, 3.8) is 0 Å². The summed E-state index contributed by atoms with van der Waals surface area (Å²) in [5.74, 6) is 3.67. The maximum atomic E-state index is 11.4. The monoisotopic (exact) mass is 317 g/mol. The molecule has 23 heavy (non-hydrogen) atoms. The Labute approximate surface area is 138 Å². The molecule has 4 fully saturated rings. The van der Waals surface area contributed by atoms with Crippen LogP contribution in [0.5, 0.6) is 0 Å². The van der Waals surface area contributed by atoms with Crippen molar-refractivity contribution in [2.45, 2.75) is 57.8 Å². The zero-order valence-corrected chi connectivity index (χ0v) is 14.0. The summed E-state index contributed by atoms with van der Waals surface area (Å²) in [6, 6.07) is 1.95. The molecule has 0 radical (unpaired) electrons. The van der Waals surface area contributed by atoms with Crippen molar-refractivity contribution < 1.29 is 14.3 Å². The highest BCUT2D eigenvalue weighted by Gasteiger charge is 2.44. The van der Waals surface area contributed by atoms with Crippen LogP contribution in [0.3, 0.4) is 0 Å². The molecule has 4 rings (SSSR count). The standard InChI is InChI=1S/C10H13NO.C9H14O2/c11-4-3-10(12)9-6-7-1-2-8(9)5-7;1-11-9(10)8-5-6-2-3-7(8)4-6/h7-9H,1-3,5-6H2;6-8H,2-5H2,1H3. The molecular formula is C19H27NO3. The van der Waals surface area contributed by atoms with Gasteiger partial charge in [0.25, 0.3) is 0 Å². The maximum Gasteiger partial charge on any atom is 0.308 e. The molecule has 4 bridgehead atoms. The van der Waals surface area contributed by atoms with Gasteiger partial charge in [0.15, 0.2) is 0 Å². The molecule has 0 amide bonds. The third kappa shape index (κ3) is 3.44. The minimum atomic E-state index is 0.0252. The Morgan fingerprint density at radius 3 is 1.91 bits per heavy atom. The Balaban J connectivity index is 0.000000136. The molecule has 0 heterocycles. The van der Waals surface area contributed by atoms with Crippen LogP contribution in [-0.2, 0) is 14.3 Å². The first-order valence-corrected chi connectivity index (χ1v) is 9.09. The zero-order valence-electron chi connectivity index (χ0n) is 14.0. The summed E-state index contributed by atoms with van der Waals surface area (Å²) in [6.45, 7) is 0. The second-order valence-corrected chi connectivity index (χ2v) is 7.89. The summed E-state index contributed by atoms with van der Waals surface area (Å²) in [6.07, 6.45) is 9.98. The van der Waals surface area contributed by atoms with E-state index in [0.717, 1.165) is 24.7 Å². The van der Waals surface area contributed by atoms with Gasteiger partial charge in [-0.15, -0.1) is 0 Å². The van der Waals surface area contributed by atoms with Gasteiger partial charge in [-0.05, 0) is 62.2 Å². The third-order valence-corrected chi connectivity index (χ3v) is 6.65. The Hall–Kier alpha value is -1.37. The summed E-state index contributed by atoms with van der Waals surface area (Å²) in [5.41, 5.74) is 0. The van der Waals surface area contributed by atoms with Crippen LogP contribution in [-0.4, -0.2) is 18.9 Å². The second-order valence-electron chi connectivity index (χ2n) is 7.89. The average Bonchev–Trinajstić information content (AvgIpc) is 3.34. The van der Waals surface area contributed by atoms with Crippen LogP contribution in [0.2, 0.25) is 0 Å². The van der Waals surface area contributed by atoms with Crippen molar-refractivity contribution in [2.24, 2.45) is 35.5 Å². The summed E-state index contributed by atoms with van der Waals surface area (Å²) in [7, 11) is 1.49. The van der Waals surface area contributed by atoms with Crippen LogP contribution in [0.4, 0.5) is 0 Å². The van der Waals surface area contributed by atoms with E-state index >= 15 is 0 Å². The molecule has 0 saturated heterocycles. The first-order valence-electron chi connectivity index (χ1n) is 9.09. The van der Waals surface area contributed by atoms with E-state index in [4.69, 9.17) is 10.00 Å². The number of methoxy groups -OCH3 is 1. The summed E-state index contributed by atoms with van der Waals surface area (Å²) < 4.78 is 4.75. The van der Waals surface area contributed by atoms with Crippen molar-refractivity contribution in [1.82, 2.24) is 0 Å². The number of carbonyl (C=O) groups excluding carboxylic acids is 2. The van der Waals surface area contributed by atoms with Crippen LogP contribution in [0.25, 0.3) is 0 Å². The fourth-order valence-electron chi connectivity index (χ4n) is 5.53. The van der Waals surface area contributed by atoms with Gasteiger partial charge >= 0.3 is 5.97 Å². The molecule has 6 unspecified atom stereocenters. The van der Waals surface area contributed by atoms with Gasteiger partial charge in [-0.1, -0.05) is 12.8 Å².